The second-order valence-corrected chi connectivity index (χ2v) is 18.9. The average molecular weight is 994 g/mol. The van der Waals surface area contributed by atoms with Crippen LogP contribution >= 0.6 is 27.3 Å². The van der Waals surface area contributed by atoms with Gasteiger partial charge in [-0.25, -0.2) is 9.78 Å². The van der Waals surface area contributed by atoms with Crippen molar-refractivity contribution in [3.63, 3.8) is 0 Å². The summed E-state index contributed by atoms with van der Waals surface area (Å²) in [5.74, 6) is 1.36. The van der Waals surface area contributed by atoms with Crippen molar-refractivity contribution in [2.75, 3.05) is 77.2 Å². The Morgan fingerprint density at radius 2 is 1.49 bits per heavy atom. The van der Waals surface area contributed by atoms with Crippen LogP contribution in [0.3, 0.4) is 0 Å². The number of likely N-dealkylation sites (N-methyl/N-ethyl adjacent to an activating group) is 2. The van der Waals surface area contributed by atoms with Crippen molar-refractivity contribution in [2.24, 2.45) is 0 Å². The monoisotopic (exact) mass is 992 g/mol. The molecule has 5 amide bonds. The van der Waals surface area contributed by atoms with Gasteiger partial charge in [0.05, 0.1) is 18.7 Å². The van der Waals surface area contributed by atoms with Gasteiger partial charge >= 0.3 is 6.03 Å². The largest absolute Gasteiger partial charge is 0.494 e. The summed E-state index contributed by atoms with van der Waals surface area (Å²) < 4.78 is 12.9. The first kappa shape index (κ1) is 49.1. The van der Waals surface area contributed by atoms with Crippen LogP contribution < -0.4 is 25.4 Å². The maximum atomic E-state index is 13.9. The Bertz CT molecular complexity index is 2360. The summed E-state index contributed by atoms with van der Waals surface area (Å²) >= 11 is 4.80. The molecule has 1 aromatic heterocycles. The number of thiazole rings is 1. The number of carbonyl (C=O) groups excluding carboxylic acids is 4. The van der Waals surface area contributed by atoms with E-state index >= 15 is 0 Å². The number of nitrogens with one attached hydrogen (secondary N) is 3. The maximum absolute atomic E-state index is 13.9. The Labute approximate surface area is 406 Å². The third-order valence-corrected chi connectivity index (χ3v) is 13.2. The number of piperazine rings is 1. The van der Waals surface area contributed by atoms with Gasteiger partial charge in [0.15, 0.2) is 5.13 Å². The van der Waals surface area contributed by atoms with Crippen molar-refractivity contribution in [2.45, 2.75) is 63.6 Å². The number of carbonyl (C=O) groups is 4. The smallest absolute Gasteiger partial charge is 0.325 e. The van der Waals surface area contributed by atoms with Crippen LogP contribution in [0.4, 0.5) is 15.6 Å². The van der Waals surface area contributed by atoms with Gasteiger partial charge in [0.1, 0.15) is 24.1 Å². The van der Waals surface area contributed by atoms with E-state index in [0.29, 0.717) is 54.9 Å². The average Bonchev–Trinajstić information content (AvgIpc) is 4.08. The van der Waals surface area contributed by atoms with E-state index in [-0.39, 0.29) is 30.2 Å². The van der Waals surface area contributed by atoms with Crippen molar-refractivity contribution in [3.8, 4) is 11.5 Å². The van der Waals surface area contributed by atoms with Gasteiger partial charge in [-0.2, -0.15) is 0 Å². The Morgan fingerprint density at radius 3 is 2.19 bits per heavy atom. The standard InChI is InChI=1S/C51H61BrN8O6S/c1-57(31-33-66-45-23-17-41(18-24-45)54-50(64)56-51-55-42(36-67-51)34-47(62)59-29-27-58(2)28-30-59)26-6-7-32-65-44-21-10-37(11-22-44)12-25-46(61)60(43-19-20-43)48(39-13-15-40(52)16-14-39)49(63)53-35-38-8-4-3-5-9-38/h3-5,8-11,13-18,21-24,36,43,48H,6-7,12,19-20,25-35H2,1-2H3,(H,53,63)(H2,54,55,56,64). The van der Waals surface area contributed by atoms with Crippen molar-refractivity contribution in [1.29, 1.82) is 0 Å². The summed E-state index contributed by atoms with van der Waals surface area (Å²) in [6.45, 7) is 6.35. The van der Waals surface area contributed by atoms with Gasteiger partial charge in [0, 0.05) is 67.3 Å². The molecular formula is C51H61BrN8O6S. The van der Waals surface area contributed by atoms with E-state index in [0.717, 1.165) is 91.9 Å². The number of unbranched alkanes of at least 4 members (excludes halogenated alkanes) is 1. The van der Waals surface area contributed by atoms with E-state index in [2.05, 4.69) is 60.8 Å². The molecule has 0 radical (unpaired) electrons. The Hall–Kier alpha value is -5.81. The van der Waals surface area contributed by atoms with E-state index in [1.807, 2.05) is 106 Å². The normalized spacial score (nSPS) is 14.3. The minimum atomic E-state index is -0.707. The molecule has 2 heterocycles. The summed E-state index contributed by atoms with van der Waals surface area (Å²) in [7, 11) is 4.12. The zero-order chi connectivity index (χ0) is 47.0. The van der Waals surface area contributed by atoms with Crippen LogP contribution in [0.1, 0.15) is 60.5 Å². The molecule has 354 valence electrons. The fourth-order valence-corrected chi connectivity index (χ4v) is 8.75. The summed E-state index contributed by atoms with van der Waals surface area (Å²) in [5, 5.41) is 10.9. The SMILES string of the molecule is CN(CCCCOc1ccc(CCC(=O)N(C2CC2)C(C(=O)NCc2ccccc2)c2ccc(Br)cc2)cc1)CCOc1ccc(NC(=O)Nc2nc(CC(=O)N3CCN(C)CC3)cs2)cc1. The summed E-state index contributed by atoms with van der Waals surface area (Å²) in [6, 6.07) is 31.6. The van der Waals surface area contributed by atoms with E-state index in [1.165, 1.54) is 11.3 Å². The molecule has 1 aliphatic heterocycles. The number of benzene rings is 4. The predicted octanol–water partition coefficient (Wildman–Crippen LogP) is 8.02. The number of aromatic nitrogens is 1. The fourth-order valence-electron chi connectivity index (χ4n) is 7.78. The van der Waals surface area contributed by atoms with Crippen LogP contribution in [-0.4, -0.2) is 121 Å². The van der Waals surface area contributed by atoms with Crippen LogP contribution in [-0.2, 0) is 33.8 Å². The molecule has 1 unspecified atom stereocenters. The Kier molecular flexibility index (Phi) is 18.2. The predicted molar refractivity (Wildman–Crippen MR) is 267 cm³/mol. The van der Waals surface area contributed by atoms with Crippen molar-refractivity contribution < 1.29 is 28.7 Å². The van der Waals surface area contributed by atoms with Crippen LogP contribution in [0.5, 0.6) is 11.5 Å². The van der Waals surface area contributed by atoms with E-state index in [4.69, 9.17) is 9.47 Å². The van der Waals surface area contributed by atoms with Crippen LogP contribution in [0.15, 0.2) is 113 Å². The zero-order valence-electron chi connectivity index (χ0n) is 38.3. The second kappa shape index (κ2) is 24.8. The van der Waals surface area contributed by atoms with E-state index in [9.17, 15) is 19.2 Å². The minimum absolute atomic E-state index is 0.0246. The van der Waals surface area contributed by atoms with Crippen molar-refractivity contribution >= 4 is 61.8 Å². The number of nitrogens with zero attached hydrogens (tertiary/aromatic N) is 5. The molecule has 16 heteroatoms. The highest BCUT2D eigenvalue weighted by atomic mass is 79.9. The third kappa shape index (κ3) is 15.6. The number of anilines is 2. The lowest BCUT2D eigenvalue weighted by molar-refractivity contribution is -0.141. The van der Waals surface area contributed by atoms with E-state index < -0.39 is 12.1 Å². The van der Waals surface area contributed by atoms with Crippen LogP contribution in [0, 0.1) is 0 Å². The molecule has 5 aromatic rings. The highest BCUT2D eigenvalue weighted by molar-refractivity contribution is 9.10. The van der Waals surface area contributed by atoms with Gasteiger partial charge in [-0.3, -0.25) is 19.7 Å². The summed E-state index contributed by atoms with van der Waals surface area (Å²) in [5.41, 5.74) is 4.11. The molecule has 3 N–H and O–H groups in total. The van der Waals surface area contributed by atoms with Crippen LogP contribution in [0.2, 0.25) is 0 Å². The van der Waals surface area contributed by atoms with Crippen molar-refractivity contribution in [3.05, 3.63) is 135 Å². The first-order valence-corrected chi connectivity index (χ1v) is 24.7. The quantitative estimate of drug-likeness (QED) is 0.0554. The van der Waals surface area contributed by atoms with Gasteiger partial charge in [0.25, 0.3) is 0 Å². The molecular weight excluding hydrogens is 933 g/mol. The number of aryl methyl sites for hydroxylation is 1. The van der Waals surface area contributed by atoms with Gasteiger partial charge in [0.2, 0.25) is 17.7 Å². The number of amides is 5. The first-order valence-electron chi connectivity index (χ1n) is 23.1. The Morgan fingerprint density at radius 1 is 0.806 bits per heavy atom. The molecule has 0 spiro atoms. The van der Waals surface area contributed by atoms with Crippen molar-refractivity contribution in [1.82, 2.24) is 29.9 Å². The summed E-state index contributed by atoms with van der Waals surface area (Å²) in [4.78, 5) is 65.5. The molecule has 0 bridgehead atoms. The molecule has 14 nitrogen and oxygen atoms in total. The molecule has 4 aromatic carbocycles. The number of halogens is 1. The lowest BCUT2D eigenvalue weighted by Gasteiger charge is -2.32. The minimum Gasteiger partial charge on any atom is -0.494 e. The number of hydrogen-bond donors (Lipinski definition) is 3. The second-order valence-electron chi connectivity index (χ2n) is 17.1. The summed E-state index contributed by atoms with van der Waals surface area (Å²) in [6.07, 6.45) is 4.75. The molecule has 67 heavy (non-hydrogen) atoms. The lowest BCUT2D eigenvalue weighted by atomic mass is 10.0. The molecule has 1 aliphatic carbocycles. The molecule has 7 rings (SSSR count). The molecule has 2 fully saturated rings. The number of rotatable bonds is 23. The fraction of sp³-hybridized carbons (Fsp3) is 0.392. The number of urea groups is 1. The molecule has 1 saturated heterocycles. The number of hydrogen-bond acceptors (Lipinski definition) is 10. The van der Waals surface area contributed by atoms with Gasteiger partial charge in [-0.1, -0.05) is 70.5 Å². The number of ether oxygens (including phenoxy) is 2. The van der Waals surface area contributed by atoms with Gasteiger partial charge in [-0.15, -0.1) is 11.3 Å². The lowest BCUT2D eigenvalue weighted by Crippen LogP contribution is -2.47. The molecule has 2 aliphatic rings. The van der Waals surface area contributed by atoms with E-state index in [1.54, 1.807) is 12.1 Å². The molecule has 1 saturated carbocycles. The first-order chi connectivity index (χ1) is 32.6. The third-order valence-electron chi connectivity index (χ3n) is 11.8. The van der Waals surface area contributed by atoms with Gasteiger partial charge in [-0.05, 0) is 118 Å². The highest BCUT2D eigenvalue weighted by Crippen LogP contribution is 2.36. The highest BCUT2D eigenvalue weighted by Gasteiger charge is 2.41. The topological polar surface area (TPSA) is 149 Å². The molecule has 1 atom stereocenters. The maximum Gasteiger partial charge on any atom is 0.325 e. The Balaban J connectivity index is 0.758. The van der Waals surface area contributed by atoms with Gasteiger partial charge < -0.3 is 39.7 Å². The zero-order valence-corrected chi connectivity index (χ0v) is 40.7. The van der Waals surface area contributed by atoms with Crippen LogP contribution in [0.25, 0.3) is 0 Å².